The lowest BCUT2D eigenvalue weighted by atomic mass is 9.98. The number of carbonyl (C=O) groups is 1. The molecule has 0 bridgehead atoms. The summed E-state index contributed by atoms with van der Waals surface area (Å²) in [4.78, 5) is 16.5. The Morgan fingerprint density at radius 3 is 2.89 bits per heavy atom. The number of rotatable bonds is 4. The second kappa shape index (κ2) is 6.77. The van der Waals surface area contributed by atoms with Gasteiger partial charge in [-0.15, -0.1) is 0 Å². The van der Waals surface area contributed by atoms with Gasteiger partial charge in [-0.05, 0) is 38.4 Å². The van der Waals surface area contributed by atoms with E-state index < -0.39 is 0 Å². The molecule has 4 heterocycles. The average Bonchev–Trinajstić information content (AvgIpc) is 3.44. The molecule has 1 amide bonds. The summed E-state index contributed by atoms with van der Waals surface area (Å²) in [5.74, 6) is 1.76. The van der Waals surface area contributed by atoms with E-state index in [2.05, 4.69) is 25.9 Å². The van der Waals surface area contributed by atoms with E-state index in [0.29, 0.717) is 18.3 Å². The van der Waals surface area contributed by atoms with E-state index >= 15 is 0 Å². The summed E-state index contributed by atoms with van der Waals surface area (Å²) in [6.45, 7) is 3.31. The van der Waals surface area contributed by atoms with Crippen LogP contribution in [-0.2, 0) is 11.3 Å². The highest BCUT2D eigenvalue weighted by Crippen LogP contribution is 2.28. The lowest BCUT2D eigenvalue weighted by Crippen LogP contribution is -2.26. The number of nitrogens with zero attached hydrogens (tertiary/aromatic N) is 4. The molecular weight excluding hydrogens is 344 g/mol. The number of hydrogen-bond acceptors (Lipinski definition) is 6. The van der Waals surface area contributed by atoms with Gasteiger partial charge in [-0.1, -0.05) is 17.3 Å². The summed E-state index contributed by atoms with van der Waals surface area (Å²) in [5.41, 5.74) is 1.89. The molecule has 0 spiro atoms. The fourth-order valence-electron chi connectivity index (χ4n) is 3.97. The molecule has 3 aromatic rings. The third-order valence-corrected chi connectivity index (χ3v) is 5.59. The van der Waals surface area contributed by atoms with Crippen LogP contribution in [0.2, 0.25) is 0 Å². The van der Waals surface area contributed by atoms with Crippen LogP contribution in [0.1, 0.15) is 31.1 Å². The molecule has 2 fully saturated rings. The van der Waals surface area contributed by atoms with Gasteiger partial charge in [0, 0.05) is 23.4 Å². The minimum absolute atomic E-state index is 0.0200. The van der Waals surface area contributed by atoms with Gasteiger partial charge in [0.05, 0.1) is 24.2 Å². The lowest BCUT2D eigenvalue weighted by molar-refractivity contribution is -0.122. The van der Waals surface area contributed by atoms with Gasteiger partial charge in [-0.3, -0.25) is 9.48 Å². The molecule has 0 aliphatic carbocycles. The van der Waals surface area contributed by atoms with Crippen molar-refractivity contribution in [1.82, 2.24) is 30.6 Å². The number of hydrogen-bond donors (Lipinski definition) is 2. The summed E-state index contributed by atoms with van der Waals surface area (Å²) < 4.78 is 7.44. The Bertz CT molecular complexity index is 972. The van der Waals surface area contributed by atoms with Crippen molar-refractivity contribution in [2.75, 3.05) is 19.6 Å². The van der Waals surface area contributed by atoms with Crippen LogP contribution in [0.3, 0.4) is 0 Å². The molecule has 5 rings (SSSR count). The van der Waals surface area contributed by atoms with Crippen LogP contribution in [0.15, 0.2) is 28.9 Å². The molecule has 2 aliphatic heterocycles. The fraction of sp³-hybridized carbons (Fsp3) is 0.474. The van der Waals surface area contributed by atoms with Gasteiger partial charge in [-0.2, -0.15) is 10.1 Å². The van der Waals surface area contributed by atoms with Crippen LogP contribution in [0.25, 0.3) is 22.3 Å². The summed E-state index contributed by atoms with van der Waals surface area (Å²) in [6.07, 6.45) is 4.74. The van der Waals surface area contributed by atoms with Gasteiger partial charge in [0.15, 0.2) is 0 Å². The zero-order chi connectivity index (χ0) is 18.2. The average molecular weight is 366 g/mol. The molecule has 2 saturated heterocycles. The van der Waals surface area contributed by atoms with Crippen molar-refractivity contribution in [3.63, 3.8) is 0 Å². The summed E-state index contributed by atoms with van der Waals surface area (Å²) in [5, 5.41) is 15.9. The first-order chi connectivity index (χ1) is 13.3. The third kappa shape index (κ3) is 3.10. The predicted molar refractivity (Wildman–Crippen MR) is 99.0 cm³/mol. The zero-order valence-electron chi connectivity index (χ0n) is 15.0. The van der Waals surface area contributed by atoms with Crippen LogP contribution in [-0.4, -0.2) is 45.5 Å². The van der Waals surface area contributed by atoms with Gasteiger partial charge in [0.25, 0.3) is 0 Å². The van der Waals surface area contributed by atoms with Crippen molar-refractivity contribution in [3.05, 3.63) is 30.3 Å². The molecule has 27 heavy (non-hydrogen) atoms. The molecule has 8 nitrogen and oxygen atoms in total. The van der Waals surface area contributed by atoms with Crippen molar-refractivity contribution >= 4 is 16.8 Å². The van der Waals surface area contributed by atoms with Gasteiger partial charge in [0.1, 0.15) is 0 Å². The fourth-order valence-corrected chi connectivity index (χ4v) is 3.97. The number of piperidine rings is 1. The molecule has 8 heteroatoms. The van der Waals surface area contributed by atoms with Crippen molar-refractivity contribution < 1.29 is 9.32 Å². The van der Waals surface area contributed by atoms with Crippen LogP contribution in [0, 0.1) is 5.92 Å². The molecule has 1 aromatic carbocycles. The highest BCUT2D eigenvalue weighted by molar-refractivity contribution is 5.84. The number of carbonyl (C=O) groups excluding carboxylic acids is 1. The Balaban J connectivity index is 1.43. The van der Waals surface area contributed by atoms with E-state index in [4.69, 9.17) is 4.52 Å². The maximum atomic E-state index is 11.9. The molecule has 2 aromatic heterocycles. The number of fused-ring (bicyclic) bond motifs is 1. The minimum atomic E-state index is -0.0200. The van der Waals surface area contributed by atoms with Gasteiger partial charge in [0.2, 0.25) is 17.6 Å². The summed E-state index contributed by atoms with van der Waals surface area (Å²) >= 11 is 0. The van der Waals surface area contributed by atoms with Crippen molar-refractivity contribution in [3.8, 4) is 11.4 Å². The van der Waals surface area contributed by atoms with Crippen LogP contribution in [0.5, 0.6) is 0 Å². The summed E-state index contributed by atoms with van der Waals surface area (Å²) in [7, 11) is 0. The number of nitrogens with one attached hydrogen (secondary N) is 2. The minimum Gasteiger partial charge on any atom is -0.356 e. The number of aromatic nitrogens is 4. The first-order valence-corrected chi connectivity index (χ1v) is 9.56. The third-order valence-electron chi connectivity index (χ3n) is 5.59. The first kappa shape index (κ1) is 16.4. The predicted octanol–water partition coefficient (Wildman–Crippen LogP) is 1.69. The summed E-state index contributed by atoms with van der Waals surface area (Å²) in [6, 6.07) is 6.05. The topological polar surface area (TPSA) is 97.9 Å². The molecule has 140 valence electrons. The van der Waals surface area contributed by atoms with Crippen molar-refractivity contribution in [2.45, 2.75) is 31.7 Å². The Labute approximate surface area is 156 Å². The van der Waals surface area contributed by atoms with Crippen molar-refractivity contribution in [1.29, 1.82) is 0 Å². The normalized spacial score (nSPS) is 21.0. The van der Waals surface area contributed by atoms with Gasteiger partial charge >= 0.3 is 0 Å². The van der Waals surface area contributed by atoms with Crippen molar-refractivity contribution in [2.24, 2.45) is 5.92 Å². The molecule has 1 atom stereocenters. The number of benzene rings is 1. The maximum absolute atomic E-state index is 11.9. The molecule has 2 N–H and O–H groups in total. The molecule has 0 radical (unpaired) electrons. The lowest BCUT2D eigenvalue weighted by Gasteiger charge is -2.18. The Hall–Kier alpha value is -2.74. The second-order valence-electron chi connectivity index (χ2n) is 7.36. The van der Waals surface area contributed by atoms with E-state index in [1.165, 1.54) is 0 Å². The molecule has 0 saturated carbocycles. The monoisotopic (exact) mass is 366 g/mol. The zero-order valence-corrected chi connectivity index (χ0v) is 15.0. The highest BCUT2D eigenvalue weighted by atomic mass is 16.5. The van der Waals surface area contributed by atoms with Crippen LogP contribution >= 0.6 is 0 Å². The van der Waals surface area contributed by atoms with E-state index in [1.807, 2.05) is 29.1 Å². The van der Waals surface area contributed by atoms with Crippen LogP contribution < -0.4 is 10.6 Å². The second-order valence-corrected chi connectivity index (χ2v) is 7.36. The van der Waals surface area contributed by atoms with E-state index in [1.54, 1.807) is 0 Å². The first-order valence-electron chi connectivity index (χ1n) is 9.56. The quantitative estimate of drug-likeness (QED) is 0.729. The Morgan fingerprint density at radius 2 is 2.07 bits per heavy atom. The smallest absolute Gasteiger partial charge is 0.230 e. The highest BCUT2D eigenvalue weighted by Gasteiger charge is 2.25. The van der Waals surface area contributed by atoms with E-state index in [0.717, 1.165) is 61.3 Å². The molecule has 1 unspecified atom stereocenters. The van der Waals surface area contributed by atoms with Gasteiger partial charge in [-0.25, -0.2) is 0 Å². The van der Waals surface area contributed by atoms with Crippen LogP contribution in [0.4, 0.5) is 0 Å². The van der Waals surface area contributed by atoms with E-state index in [-0.39, 0.29) is 11.8 Å². The Kier molecular flexibility index (Phi) is 4.12. The molecular formula is C19H22N6O2. The van der Waals surface area contributed by atoms with E-state index in [9.17, 15) is 4.79 Å². The largest absolute Gasteiger partial charge is 0.356 e. The standard InChI is InChI=1S/C19H22N6O2/c26-18-15(5-8-21-18)11-25-16-9-13(1-2-14(16)10-22-25)17-23-19(27-24-17)12-3-6-20-7-4-12/h1-2,9-10,12,15,20H,3-8,11H2,(H,21,26). The molecule has 2 aliphatic rings. The number of amides is 1. The SMILES string of the molecule is O=C1NCCC1Cn1ncc2ccc(-c3noc(C4CCNCC4)n3)cc21. The maximum Gasteiger partial charge on any atom is 0.230 e. The van der Waals surface area contributed by atoms with Gasteiger partial charge < -0.3 is 15.2 Å². The Morgan fingerprint density at radius 1 is 1.19 bits per heavy atom.